The standard InChI is InChI=1S/C16H17BrN2O/c17-15-6-4-12(5-7-15)8-9-19-16(20)14-3-1-2-13(10-14)11-18/h1-7,10H,8-9,11,18H2,(H,19,20). The molecule has 0 fully saturated rings. The molecule has 0 unspecified atom stereocenters. The van der Waals surface area contributed by atoms with Gasteiger partial charge in [0.15, 0.2) is 0 Å². The number of carbonyl (C=O) groups excluding carboxylic acids is 1. The van der Waals surface area contributed by atoms with Gasteiger partial charge in [-0.3, -0.25) is 4.79 Å². The number of hydrogen-bond donors (Lipinski definition) is 2. The third-order valence-electron chi connectivity index (χ3n) is 3.04. The molecule has 0 aliphatic rings. The molecule has 0 aliphatic heterocycles. The number of amides is 1. The Morgan fingerprint density at radius 1 is 1.10 bits per heavy atom. The zero-order valence-electron chi connectivity index (χ0n) is 11.1. The quantitative estimate of drug-likeness (QED) is 0.884. The van der Waals surface area contributed by atoms with E-state index in [9.17, 15) is 4.79 Å². The lowest BCUT2D eigenvalue weighted by Gasteiger charge is -2.06. The molecule has 2 aromatic rings. The van der Waals surface area contributed by atoms with Crippen LogP contribution in [0, 0.1) is 0 Å². The van der Waals surface area contributed by atoms with Crippen LogP contribution in [0.3, 0.4) is 0 Å². The van der Waals surface area contributed by atoms with Crippen molar-refractivity contribution in [3.05, 3.63) is 69.7 Å². The average Bonchev–Trinajstić information content (AvgIpc) is 2.49. The van der Waals surface area contributed by atoms with E-state index in [0.29, 0.717) is 18.7 Å². The predicted octanol–water partition coefficient (Wildman–Crippen LogP) is 2.88. The summed E-state index contributed by atoms with van der Waals surface area (Å²) in [5, 5.41) is 2.92. The molecule has 0 saturated heterocycles. The molecule has 20 heavy (non-hydrogen) atoms. The van der Waals surface area contributed by atoms with Crippen LogP contribution in [0.4, 0.5) is 0 Å². The molecule has 104 valence electrons. The first-order chi connectivity index (χ1) is 9.69. The second-order valence-electron chi connectivity index (χ2n) is 4.54. The van der Waals surface area contributed by atoms with Crippen LogP contribution in [0.2, 0.25) is 0 Å². The molecule has 0 radical (unpaired) electrons. The summed E-state index contributed by atoms with van der Waals surface area (Å²) in [5.41, 5.74) is 8.39. The number of hydrogen-bond acceptors (Lipinski definition) is 2. The molecule has 0 aromatic heterocycles. The minimum absolute atomic E-state index is 0.0580. The minimum Gasteiger partial charge on any atom is -0.352 e. The number of halogens is 1. The molecule has 1 amide bonds. The highest BCUT2D eigenvalue weighted by Crippen LogP contribution is 2.10. The van der Waals surface area contributed by atoms with E-state index in [2.05, 4.69) is 21.2 Å². The number of benzene rings is 2. The maximum Gasteiger partial charge on any atom is 0.251 e. The number of nitrogens with one attached hydrogen (secondary N) is 1. The zero-order chi connectivity index (χ0) is 14.4. The Morgan fingerprint density at radius 3 is 2.55 bits per heavy atom. The average molecular weight is 333 g/mol. The molecule has 0 spiro atoms. The topological polar surface area (TPSA) is 55.1 Å². The Balaban J connectivity index is 1.87. The van der Waals surface area contributed by atoms with Gasteiger partial charge in [-0.2, -0.15) is 0 Å². The Kier molecular flexibility index (Phi) is 5.32. The maximum absolute atomic E-state index is 12.0. The first-order valence-electron chi connectivity index (χ1n) is 6.50. The van der Waals surface area contributed by atoms with E-state index in [1.54, 1.807) is 6.07 Å². The Bertz CT molecular complexity index is 581. The molecule has 0 heterocycles. The van der Waals surface area contributed by atoms with Gasteiger partial charge in [0, 0.05) is 23.1 Å². The second-order valence-corrected chi connectivity index (χ2v) is 5.45. The smallest absolute Gasteiger partial charge is 0.251 e. The lowest BCUT2D eigenvalue weighted by atomic mass is 10.1. The zero-order valence-corrected chi connectivity index (χ0v) is 12.7. The second kappa shape index (κ2) is 7.22. The summed E-state index contributed by atoms with van der Waals surface area (Å²) >= 11 is 3.40. The van der Waals surface area contributed by atoms with Crippen LogP contribution in [-0.4, -0.2) is 12.5 Å². The summed E-state index contributed by atoms with van der Waals surface area (Å²) < 4.78 is 1.06. The summed E-state index contributed by atoms with van der Waals surface area (Å²) in [5.74, 6) is -0.0580. The molecule has 2 rings (SSSR count). The van der Waals surface area contributed by atoms with Crippen molar-refractivity contribution in [3.8, 4) is 0 Å². The number of carbonyl (C=O) groups is 1. The summed E-state index contributed by atoms with van der Waals surface area (Å²) in [6, 6.07) is 15.5. The van der Waals surface area contributed by atoms with E-state index >= 15 is 0 Å². The maximum atomic E-state index is 12.0. The molecule has 0 atom stereocenters. The fraction of sp³-hybridized carbons (Fsp3) is 0.188. The summed E-state index contributed by atoms with van der Waals surface area (Å²) in [4.78, 5) is 12.0. The van der Waals surface area contributed by atoms with Gasteiger partial charge in [-0.15, -0.1) is 0 Å². The van der Waals surface area contributed by atoms with E-state index < -0.39 is 0 Å². The van der Waals surface area contributed by atoms with Crippen molar-refractivity contribution in [1.29, 1.82) is 0 Å². The van der Waals surface area contributed by atoms with Crippen molar-refractivity contribution < 1.29 is 4.79 Å². The fourth-order valence-corrected chi connectivity index (χ4v) is 2.18. The van der Waals surface area contributed by atoms with E-state index in [1.165, 1.54) is 5.56 Å². The highest BCUT2D eigenvalue weighted by Gasteiger charge is 2.05. The van der Waals surface area contributed by atoms with Gasteiger partial charge >= 0.3 is 0 Å². The molecule has 0 bridgehead atoms. The first-order valence-corrected chi connectivity index (χ1v) is 7.30. The van der Waals surface area contributed by atoms with Gasteiger partial charge < -0.3 is 11.1 Å². The van der Waals surface area contributed by atoms with E-state index in [1.807, 2.05) is 42.5 Å². The summed E-state index contributed by atoms with van der Waals surface area (Å²) in [7, 11) is 0. The highest BCUT2D eigenvalue weighted by molar-refractivity contribution is 9.10. The van der Waals surface area contributed by atoms with E-state index in [-0.39, 0.29) is 5.91 Å². The summed E-state index contributed by atoms with van der Waals surface area (Å²) in [6.07, 6.45) is 0.815. The third-order valence-corrected chi connectivity index (χ3v) is 3.57. The largest absolute Gasteiger partial charge is 0.352 e. The Morgan fingerprint density at radius 2 is 1.85 bits per heavy atom. The van der Waals surface area contributed by atoms with Gasteiger partial charge in [0.25, 0.3) is 5.91 Å². The Hall–Kier alpha value is -1.65. The van der Waals surface area contributed by atoms with Gasteiger partial charge in [-0.25, -0.2) is 0 Å². The van der Waals surface area contributed by atoms with Gasteiger partial charge in [-0.1, -0.05) is 40.2 Å². The van der Waals surface area contributed by atoms with Crippen LogP contribution < -0.4 is 11.1 Å². The van der Waals surface area contributed by atoms with Gasteiger partial charge in [0.2, 0.25) is 0 Å². The molecular formula is C16H17BrN2O. The van der Waals surface area contributed by atoms with Crippen molar-refractivity contribution in [2.75, 3.05) is 6.54 Å². The SMILES string of the molecule is NCc1cccc(C(=O)NCCc2ccc(Br)cc2)c1. The van der Waals surface area contributed by atoms with Crippen LogP contribution in [0.1, 0.15) is 21.5 Å². The molecule has 0 saturated carbocycles. The monoisotopic (exact) mass is 332 g/mol. The van der Waals surface area contributed by atoms with E-state index in [0.717, 1.165) is 16.5 Å². The van der Waals surface area contributed by atoms with Gasteiger partial charge in [-0.05, 0) is 41.8 Å². The van der Waals surface area contributed by atoms with E-state index in [4.69, 9.17) is 5.73 Å². The lowest BCUT2D eigenvalue weighted by Crippen LogP contribution is -2.25. The molecule has 2 aromatic carbocycles. The van der Waals surface area contributed by atoms with Crippen molar-refractivity contribution >= 4 is 21.8 Å². The van der Waals surface area contributed by atoms with Crippen LogP contribution in [0.15, 0.2) is 53.0 Å². The van der Waals surface area contributed by atoms with Crippen LogP contribution in [-0.2, 0) is 13.0 Å². The molecule has 3 N–H and O–H groups in total. The fourth-order valence-electron chi connectivity index (χ4n) is 1.91. The molecule has 0 aliphatic carbocycles. The van der Waals surface area contributed by atoms with Crippen molar-refractivity contribution in [3.63, 3.8) is 0 Å². The minimum atomic E-state index is -0.0580. The van der Waals surface area contributed by atoms with Crippen molar-refractivity contribution in [2.45, 2.75) is 13.0 Å². The molecule has 3 nitrogen and oxygen atoms in total. The van der Waals surface area contributed by atoms with Crippen molar-refractivity contribution in [2.24, 2.45) is 5.73 Å². The highest BCUT2D eigenvalue weighted by atomic mass is 79.9. The lowest BCUT2D eigenvalue weighted by molar-refractivity contribution is 0.0954. The van der Waals surface area contributed by atoms with Crippen LogP contribution in [0.5, 0.6) is 0 Å². The van der Waals surface area contributed by atoms with Crippen LogP contribution in [0.25, 0.3) is 0 Å². The van der Waals surface area contributed by atoms with Gasteiger partial charge in [0.1, 0.15) is 0 Å². The summed E-state index contributed by atoms with van der Waals surface area (Å²) in [6.45, 7) is 1.06. The Labute approximate surface area is 127 Å². The number of nitrogens with two attached hydrogens (primary N) is 1. The third kappa shape index (κ3) is 4.18. The molecule has 4 heteroatoms. The normalized spacial score (nSPS) is 10.3. The van der Waals surface area contributed by atoms with Gasteiger partial charge in [0.05, 0.1) is 0 Å². The van der Waals surface area contributed by atoms with Crippen LogP contribution >= 0.6 is 15.9 Å². The predicted molar refractivity (Wildman–Crippen MR) is 84.5 cm³/mol. The molecular weight excluding hydrogens is 316 g/mol. The van der Waals surface area contributed by atoms with Crippen molar-refractivity contribution in [1.82, 2.24) is 5.32 Å². The first kappa shape index (κ1) is 14.8. The number of rotatable bonds is 5.